The Morgan fingerprint density at radius 2 is 2.26 bits per heavy atom. The molecule has 0 saturated carbocycles. The van der Waals surface area contributed by atoms with E-state index in [1.165, 1.54) is 0 Å². The van der Waals surface area contributed by atoms with Crippen LogP contribution in [0.25, 0.3) is 0 Å². The molecule has 0 aliphatic carbocycles. The van der Waals surface area contributed by atoms with Crippen molar-refractivity contribution in [1.29, 1.82) is 0 Å². The van der Waals surface area contributed by atoms with Crippen molar-refractivity contribution in [2.75, 3.05) is 13.1 Å². The van der Waals surface area contributed by atoms with E-state index in [-0.39, 0.29) is 12.2 Å². The summed E-state index contributed by atoms with van der Waals surface area (Å²) in [6.45, 7) is 7.11. The topological polar surface area (TPSA) is 51.1 Å². The zero-order valence-corrected chi connectivity index (χ0v) is 13.3. The first-order chi connectivity index (χ1) is 8.85. The highest BCUT2D eigenvalue weighted by molar-refractivity contribution is 9.18. The second kappa shape index (κ2) is 5.69. The number of amides is 1. The van der Waals surface area contributed by atoms with Crippen molar-refractivity contribution in [3.05, 3.63) is 0 Å². The maximum absolute atomic E-state index is 12.1. The Morgan fingerprint density at radius 1 is 1.53 bits per heavy atom. The van der Waals surface area contributed by atoms with Crippen molar-refractivity contribution in [2.45, 2.75) is 51.7 Å². The van der Waals surface area contributed by atoms with Crippen LogP contribution < -0.4 is 0 Å². The Labute approximate surface area is 122 Å². The normalized spacial score (nSPS) is 27.8. The van der Waals surface area contributed by atoms with Gasteiger partial charge in [-0.3, -0.25) is 0 Å². The van der Waals surface area contributed by atoms with Gasteiger partial charge in [-0.1, -0.05) is 5.16 Å². The molecule has 0 aromatic heterocycles. The van der Waals surface area contributed by atoms with E-state index in [2.05, 4.69) is 21.1 Å². The molecular weight excluding hydrogens is 312 g/mol. The molecule has 19 heavy (non-hydrogen) atoms. The van der Waals surface area contributed by atoms with Crippen LogP contribution in [0.1, 0.15) is 40.0 Å². The van der Waals surface area contributed by atoms with Crippen LogP contribution in [0.15, 0.2) is 5.16 Å². The van der Waals surface area contributed by atoms with Gasteiger partial charge in [-0.05, 0) is 49.5 Å². The molecule has 2 atom stereocenters. The van der Waals surface area contributed by atoms with E-state index < -0.39 is 5.60 Å². The van der Waals surface area contributed by atoms with Gasteiger partial charge < -0.3 is 14.5 Å². The zero-order valence-electron chi connectivity index (χ0n) is 11.7. The number of oxime groups is 1. The number of hydrogen-bond acceptors (Lipinski definition) is 4. The van der Waals surface area contributed by atoms with Crippen LogP contribution in [0.2, 0.25) is 0 Å². The van der Waals surface area contributed by atoms with Crippen molar-refractivity contribution in [2.24, 2.45) is 11.1 Å². The van der Waals surface area contributed by atoms with E-state index in [4.69, 9.17) is 9.57 Å². The maximum Gasteiger partial charge on any atom is 0.410 e. The fraction of sp³-hybridized carbons (Fsp3) is 0.846. The van der Waals surface area contributed by atoms with Crippen LogP contribution >= 0.6 is 15.9 Å². The maximum atomic E-state index is 12.1. The van der Waals surface area contributed by atoms with Gasteiger partial charge in [-0.25, -0.2) is 4.79 Å². The minimum Gasteiger partial charge on any atom is -0.444 e. The third kappa shape index (κ3) is 4.09. The summed E-state index contributed by atoms with van der Waals surface area (Å²) in [5.41, 5.74) is -0.444. The Bertz CT molecular complexity index is 379. The largest absolute Gasteiger partial charge is 0.444 e. The number of hydrogen-bond donors (Lipinski definition) is 0. The highest BCUT2D eigenvalue weighted by atomic mass is 79.9. The summed E-state index contributed by atoms with van der Waals surface area (Å²) in [4.78, 5) is 19.2. The second-order valence-corrected chi connectivity index (χ2v) is 7.06. The van der Waals surface area contributed by atoms with Gasteiger partial charge in [0, 0.05) is 25.4 Å². The summed E-state index contributed by atoms with van der Waals surface area (Å²) in [5.74, 6) is 0.333. The smallest absolute Gasteiger partial charge is 0.410 e. The molecule has 0 radical (unpaired) electrons. The molecule has 1 amide bonds. The molecule has 6 heteroatoms. The number of nitrogens with zero attached hydrogens (tertiary/aromatic N) is 2. The molecule has 0 N–H and O–H groups in total. The lowest BCUT2D eigenvalue weighted by atomic mass is 9.91. The molecule has 1 saturated heterocycles. The standard InChI is InChI=1S/C13H21BrN2O3/c1-13(2,3)18-12(17)16-6-4-5-9(8-16)10-7-11(14)15-19-10/h9-10H,4-8H2,1-3H3/t9-,10+/m0/s1. The lowest BCUT2D eigenvalue weighted by Gasteiger charge is -2.35. The number of likely N-dealkylation sites (tertiary alicyclic amines) is 1. The van der Waals surface area contributed by atoms with Crippen LogP contribution in [0.3, 0.4) is 0 Å². The number of piperidine rings is 1. The molecule has 0 aromatic carbocycles. The number of rotatable bonds is 1. The average molecular weight is 333 g/mol. The fourth-order valence-corrected chi connectivity index (χ4v) is 2.83. The molecule has 0 aromatic rings. The Kier molecular flexibility index (Phi) is 4.38. The average Bonchev–Trinajstić information content (AvgIpc) is 2.74. The van der Waals surface area contributed by atoms with Gasteiger partial charge in [0.15, 0.2) is 0 Å². The molecule has 0 unspecified atom stereocenters. The minimum atomic E-state index is -0.444. The van der Waals surface area contributed by atoms with E-state index in [1.54, 1.807) is 4.90 Å². The highest BCUT2D eigenvalue weighted by Crippen LogP contribution is 2.29. The first kappa shape index (κ1) is 14.6. The van der Waals surface area contributed by atoms with Crippen molar-refractivity contribution >= 4 is 26.6 Å². The fourth-order valence-electron chi connectivity index (χ4n) is 2.42. The number of carbonyl (C=O) groups excluding carboxylic acids is 1. The van der Waals surface area contributed by atoms with Crippen LogP contribution in [0, 0.1) is 5.92 Å². The number of carbonyl (C=O) groups is 1. The zero-order chi connectivity index (χ0) is 14.0. The third-order valence-corrected chi connectivity index (χ3v) is 3.76. The molecule has 2 aliphatic heterocycles. The van der Waals surface area contributed by atoms with E-state index >= 15 is 0 Å². The first-order valence-corrected chi connectivity index (χ1v) is 7.50. The minimum absolute atomic E-state index is 0.0830. The quantitative estimate of drug-likeness (QED) is 0.741. The summed E-state index contributed by atoms with van der Waals surface area (Å²) in [6.07, 6.45) is 2.71. The summed E-state index contributed by atoms with van der Waals surface area (Å²) in [7, 11) is 0. The van der Waals surface area contributed by atoms with Crippen LogP contribution in [-0.4, -0.2) is 40.4 Å². The lowest BCUT2D eigenvalue weighted by molar-refractivity contribution is -0.0108. The van der Waals surface area contributed by atoms with Crippen molar-refractivity contribution in [1.82, 2.24) is 4.90 Å². The molecule has 2 aliphatic rings. The number of halogens is 1. The van der Waals surface area contributed by atoms with Crippen LogP contribution in [0.4, 0.5) is 4.79 Å². The van der Waals surface area contributed by atoms with E-state index in [0.717, 1.165) is 30.4 Å². The van der Waals surface area contributed by atoms with Gasteiger partial charge in [0.05, 0.1) is 0 Å². The predicted octanol–water partition coefficient (Wildman–Crippen LogP) is 3.13. The van der Waals surface area contributed by atoms with Gasteiger partial charge in [0.25, 0.3) is 0 Å². The Hall–Kier alpha value is -0.780. The third-order valence-electron chi connectivity index (χ3n) is 3.29. The van der Waals surface area contributed by atoms with Crippen molar-refractivity contribution in [3.8, 4) is 0 Å². The van der Waals surface area contributed by atoms with Crippen LogP contribution in [-0.2, 0) is 9.57 Å². The molecule has 0 spiro atoms. The summed E-state index contributed by atoms with van der Waals surface area (Å²) in [5, 5.41) is 3.92. The Balaban J connectivity index is 1.88. The summed E-state index contributed by atoms with van der Waals surface area (Å²) < 4.78 is 6.27. The molecule has 0 bridgehead atoms. The monoisotopic (exact) mass is 332 g/mol. The van der Waals surface area contributed by atoms with E-state index in [0.29, 0.717) is 12.5 Å². The van der Waals surface area contributed by atoms with Crippen molar-refractivity contribution in [3.63, 3.8) is 0 Å². The second-order valence-electron chi connectivity index (χ2n) is 6.14. The molecule has 5 nitrogen and oxygen atoms in total. The first-order valence-electron chi connectivity index (χ1n) is 6.71. The summed E-state index contributed by atoms with van der Waals surface area (Å²) in [6, 6.07) is 0. The van der Waals surface area contributed by atoms with Gasteiger partial charge >= 0.3 is 6.09 Å². The molecule has 2 heterocycles. The van der Waals surface area contributed by atoms with Gasteiger partial charge in [0.2, 0.25) is 0 Å². The SMILES string of the molecule is CC(C)(C)OC(=O)N1CCC[C@H]([C@H]2CC(Br)=NO2)C1. The number of ether oxygens (including phenoxy) is 1. The van der Waals surface area contributed by atoms with E-state index in [1.807, 2.05) is 20.8 Å². The van der Waals surface area contributed by atoms with Crippen LogP contribution in [0.5, 0.6) is 0 Å². The Morgan fingerprint density at radius 3 is 2.84 bits per heavy atom. The van der Waals surface area contributed by atoms with Crippen molar-refractivity contribution < 1.29 is 14.4 Å². The summed E-state index contributed by atoms with van der Waals surface area (Å²) >= 11 is 3.35. The van der Waals surface area contributed by atoms with Gasteiger partial charge in [0.1, 0.15) is 16.3 Å². The molecule has 2 rings (SSSR count). The van der Waals surface area contributed by atoms with Gasteiger partial charge in [-0.15, -0.1) is 0 Å². The predicted molar refractivity (Wildman–Crippen MR) is 76.4 cm³/mol. The van der Waals surface area contributed by atoms with E-state index in [9.17, 15) is 4.79 Å². The highest BCUT2D eigenvalue weighted by Gasteiger charge is 2.35. The molecular formula is C13H21BrN2O3. The molecule has 108 valence electrons. The lowest BCUT2D eigenvalue weighted by Crippen LogP contribution is -2.45. The molecule has 1 fully saturated rings. The van der Waals surface area contributed by atoms with Gasteiger partial charge in [-0.2, -0.15) is 0 Å².